The fraction of sp³-hybridized carbons (Fsp3) is 0.571. The van der Waals surface area contributed by atoms with Gasteiger partial charge in [0.25, 0.3) is 0 Å². The fourth-order valence-electron chi connectivity index (χ4n) is 2.38. The molecule has 2 rings (SSSR count). The molecule has 0 bridgehead atoms. The van der Waals surface area contributed by atoms with Crippen molar-refractivity contribution in [2.45, 2.75) is 31.0 Å². The van der Waals surface area contributed by atoms with Crippen LogP contribution in [-0.2, 0) is 0 Å². The number of alkyl halides is 3. The lowest BCUT2D eigenvalue weighted by atomic mass is 10.1. The standard InChI is InChI=1S/C14H18F4N2S/c1-9-5-11(15)12(20-4-3-19-7-10(20)2)6-13(9)21-8-14(16,17)18/h5-6,10,19H,3-4,7-8H2,1-2H3. The van der Waals surface area contributed by atoms with Gasteiger partial charge in [-0.3, -0.25) is 0 Å². The van der Waals surface area contributed by atoms with Crippen molar-refractivity contribution >= 4 is 17.4 Å². The molecule has 1 unspecified atom stereocenters. The van der Waals surface area contributed by atoms with Crippen molar-refractivity contribution < 1.29 is 17.6 Å². The zero-order chi connectivity index (χ0) is 15.6. The van der Waals surface area contributed by atoms with Gasteiger partial charge in [-0.25, -0.2) is 4.39 Å². The van der Waals surface area contributed by atoms with Crippen LogP contribution in [0.2, 0.25) is 0 Å². The zero-order valence-corrected chi connectivity index (χ0v) is 12.7. The van der Waals surface area contributed by atoms with Gasteiger partial charge in [0.15, 0.2) is 0 Å². The molecule has 2 nitrogen and oxygen atoms in total. The molecule has 7 heteroatoms. The first-order valence-electron chi connectivity index (χ1n) is 6.75. The van der Waals surface area contributed by atoms with Crippen LogP contribution in [-0.4, -0.2) is 37.6 Å². The van der Waals surface area contributed by atoms with Gasteiger partial charge < -0.3 is 10.2 Å². The van der Waals surface area contributed by atoms with Crippen molar-refractivity contribution in [3.05, 3.63) is 23.5 Å². The van der Waals surface area contributed by atoms with Crippen LogP contribution in [0.5, 0.6) is 0 Å². The van der Waals surface area contributed by atoms with E-state index in [0.717, 1.165) is 13.1 Å². The fourth-order valence-corrected chi connectivity index (χ4v) is 3.18. The molecule has 1 atom stereocenters. The molecule has 1 aromatic rings. The first kappa shape index (κ1) is 16.4. The van der Waals surface area contributed by atoms with Crippen LogP contribution < -0.4 is 10.2 Å². The summed E-state index contributed by atoms with van der Waals surface area (Å²) in [5, 5.41) is 3.21. The number of piperazine rings is 1. The molecule has 0 aromatic heterocycles. The van der Waals surface area contributed by atoms with E-state index >= 15 is 0 Å². The van der Waals surface area contributed by atoms with Crippen molar-refractivity contribution in [1.29, 1.82) is 0 Å². The van der Waals surface area contributed by atoms with Crippen LogP contribution in [0.4, 0.5) is 23.2 Å². The van der Waals surface area contributed by atoms with Crippen molar-refractivity contribution in [2.75, 3.05) is 30.3 Å². The second kappa shape index (κ2) is 6.44. The Hall–Kier alpha value is -0.950. The highest BCUT2D eigenvalue weighted by Gasteiger charge is 2.28. The van der Waals surface area contributed by atoms with E-state index in [4.69, 9.17) is 0 Å². The van der Waals surface area contributed by atoms with Crippen LogP contribution >= 0.6 is 11.8 Å². The second-order valence-corrected chi connectivity index (χ2v) is 6.24. The van der Waals surface area contributed by atoms with Crippen LogP contribution in [0.15, 0.2) is 17.0 Å². The number of nitrogens with one attached hydrogen (secondary N) is 1. The number of hydrogen-bond donors (Lipinski definition) is 1. The lowest BCUT2D eigenvalue weighted by Crippen LogP contribution is -2.50. The van der Waals surface area contributed by atoms with E-state index in [9.17, 15) is 17.6 Å². The van der Waals surface area contributed by atoms with Gasteiger partial charge in [-0.05, 0) is 31.5 Å². The Morgan fingerprint density at radius 3 is 2.71 bits per heavy atom. The van der Waals surface area contributed by atoms with Gasteiger partial charge in [-0.1, -0.05) is 0 Å². The molecule has 1 saturated heterocycles. The maximum absolute atomic E-state index is 14.2. The minimum atomic E-state index is -4.23. The number of nitrogens with zero attached hydrogens (tertiary/aromatic N) is 1. The number of rotatable bonds is 3. The quantitative estimate of drug-likeness (QED) is 0.676. The molecule has 0 spiro atoms. The van der Waals surface area contributed by atoms with Gasteiger partial charge in [-0.2, -0.15) is 13.2 Å². The van der Waals surface area contributed by atoms with E-state index in [0.29, 0.717) is 34.5 Å². The number of halogens is 4. The highest BCUT2D eigenvalue weighted by atomic mass is 32.2. The summed E-state index contributed by atoms with van der Waals surface area (Å²) in [6, 6.07) is 2.97. The maximum atomic E-state index is 14.2. The predicted octanol–water partition coefficient (Wildman–Crippen LogP) is 3.59. The summed E-state index contributed by atoms with van der Waals surface area (Å²) in [5.74, 6) is -1.34. The Morgan fingerprint density at radius 2 is 2.10 bits per heavy atom. The van der Waals surface area contributed by atoms with Crippen LogP contribution in [0.3, 0.4) is 0 Å². The highest BCUT2D eigenvalue weighted by Crippen LogP contribution is 2.34. The van der Waals surface area contributed by atoms with Crippen LogP contribution in [0, 0.1) is 12.7 Å². The summed E-state index contributed by atoms with van der Waals surface area (Å²) in [7, 11) is 0. The first-order valence-corrected chi connectivity index (χ1v) is 7.73. The van der Waals surface area contributed by atoms with Gasteiger partial charge >= 0.3 is 6.18 Å². The molecular weight excluding hydrogens is 304 g/mol. The normalized spacial score (nSPS) is 19.9. The molecule has 118 valence electrons. The number of thioether (sulfide) groups is 1. The van der Waals surface area contributed by atoms with Gasteiger partial charge in [-0.15, -0.1) is 11.8 Å². The van der Waals surface area contributed by atoms with E-state index in [2.05, 4.69) is 5.32 Å². The molecule has 1 aromatic carbocycles. The SMILES string of the molecule is Cc1cc(F)c(N2CCNCC2C)cc1SCC(F)(F)F. The van der Waals surface area contributed by atoms with Gasteiger partial charge in [0.2, 0.25) is 0 Å². The molecule has 1 aliphatic heterocycles. The van der Waals surface area contributed by atoms with E-state index in [-0.39, 0.29) is 11.9 Å². The summed E-state index contributed by atoms with van der Waals surface area (Å²) in [5.41, 5.74) is 0.924. The zero-order valence-electron chi connectivity index (χ0n) is 11.9. The van der Waals surface area contributed by atoms with E-state index in [1.807, 2.05) is 11.8 Å². The van der Waals surface area contributed by atoms with Crippen LogP contribution in [0.25, 0.3) is 0 Å². The number of benzene rings is 1. The molecule has 1 N–H and O–H groups in total. The first-order chi connectivity index (χ1) is 9.78. The molecule has 1 heterocycles. The molecule has 1 aliphatic rings. The molecule has 0 aliphatic carbocycles. The van der Waals surface area contributed by atoms with E-state index in [1.54, 1.807) is 13.0 Å². The third kappa shape index (κ3) is 4.26. The molecular formula is C14H18F4N2S. The number of anilines is 1. The summed E-state index contributed by atoms with van der Waals surface area (Å²) in [6.45, 7) is 5.71. The van der Waals surface area contributed by atoms with Crippen molar-refractivity contribution in [1.82, 2.24) is 5.32 Å². The average molecular weight is 322 g/mol. The van der Waals surface area contributed by atoms with Crippen molar-refractivity contribution in [2.24, 2.45) is 0 Å². The Kier molecular flexibility index (Phi) is 5.03. The molecule has 21 heavy (non-hydrogen) atoms. The average Bonchev–Trinajstić information content (AvgIpc) is 2.38. The van der Waals surface area contributed by atoms with Crippen LogP contribution in [0.1, 0.15) is 12.5 Å². The summed E-state index contributed by atoms with van der Waals surface area (Å²) in [6.07, 6.45) is -4.23. The van der Waals surface area contributed by atoms with E-state index in [1.165, 1.54) is 6.07 Å². The lowest BCUT2D eigenvalue weighted by molar-refractivity contribution is -0.105. The Labute approximate surface area is 125 Å². The monoisotopic (exact) mass is 322 g/mol. The number of hydrogen-bond acceptors (Lipinski definition) is 3. The summed E-state index contributed by atoms with van der Waals surface area (Å²) in [4.78, 5) is 2.39. The van der Waals surface area contributed by atoms with Gasteiger partial charge in [0, 0.05) is 30.6 Å². The summed E-state index contributed by atoms with van der Waals surface area (Å²) < 4.78 is 51.2. The van der Waals surface area contributed by atoms with Gasteiger partial charge in [0.1, 0.15) is 5.82 Å². The molecule has 0 saturated carbocycles. The number of aryl methyl sites for hydroxylation is 1. The molecule has 1 fully saturated rings. The third-order valence-corrected chi connectivity index (χ3v) is 4.67. The molecule has 0 radical (unpaired) electrons. The lowest BCUT2D eigenvalue weighted by Gasteiger charge is -2.36. The minimum Gasteiger partial charge on any atom is -0.364 e. The van der Waals surface area contributed by atoms with E-state index < -0.39 is 11.9 Å². The minimum absolute atomic E-state index is 0.108. The maximum Gasteiger partial charge on any atom is 0.398 e. The smallest absolute Gasteiger partial charge is 0.364 e. The van der Waals surface area contributed by atoms with Crippen molar-refractivity contribution in [3.63, 3.8) is 0 Å². The topological polar surface area (TPSA) is 15.3 Å². The van der Waals surface area contributed by atoms with Crippen molar-refractivity contribution in [3.8, 4) is 0 Å². The highest BCUT2D eigenvalue weighted by molar-refractivity contribution is 7.99. The Morgan fingerprint density at radius 1 is 1.38 bits per heavy atom. The second-order valence-electron chi connectivity index (χ2n) is 5.22. The predicted molar refractivity (Wildman–Crippen MR) is 77.6 cm³/mol. The third-order valence-electron chi connectivity index (χ3n) is 3.45. The Balaban J connectivity index is 2.25. The van der Waals surface area contributed by atoms with Gasteiger partial charge in [0.05, 0.1) is 11.4 Å². The molecule has 0 amide bonds. The largest absolute Gasteiger partial charge is 0.398 e. The summed E-state index contributed by atoms with van der Waals surface area (Å²) >= 11 is 0.708. The Bertz CT molecular complexity index is 504.